The maximum absolute atomic E-state index is 11.4. The lowest BCUT2D eigenvalue weighted by atomic mass is 9.94. The summed E-state index contributed by atoms with van der Waals surface area (Å²) in [6.07, 6.45) is 5.66. The molecule has 0 spiro atoms. The molecular formula is C15H15N3O2S. The van der Waals surface area contributed by atoms with Crippen molar-refractivity contribution < 1.29 is 9.59 Å². The molecule has 0 aliphatic carbocycles. The molecule has 1 unspecified atom stereocenters. The van der Waals surface area contributed by atoms with E-state index in [0.29, 0.717) is 12.1 Å². The van der Waals surface area contributed by atoms with Gasteiger partial charge in [0.05, 0.1) is 12.3 Å². The minimum atomic E-state index is -0.406. The molecule has 5 nitrogen and oxygen atoms in total. The second-order valence-corrected chi connectivity index (χ2v) is 5.14. The fraction of sp³-hybridized carbons (Fsp3) is 0.267. The summed E-state index contributed by atoms with van der Waals surface area (Å²) in [5.74, 6) is 2.40. The summed E-state index contributed by atoms with van der Waals surface area (Å²) in [7, 11) is 0. The first-order valence-corrected chi connectivity index (χ1v) is 6.88. The molecule has 1 atom stereocenters. The number of anilines is 1. The fourth-order valence-electron chi connectivity index (χ4n) is 2.18. The lowest BCUT2D eigenvalue weighted by Gasteiger charge is -2.21. The predicted octanol–water partition coefficient (Wildman–Crippen LogP) is 2.04. The Bertz CT molecular complexity index is 631. The summed E-state index contributed by atoms with van der Waals surface area (Å²) >= 11 is 3.81. The number of nitrogens with zero attached hydrogens (tertiary/aromatic N) is 2. The predicted molar refractivity (Wildman–Crippen MR) is 85.5 cm³/mol. The van der Waals surface area contributed by atoms with Crippen molar-refractivity contribution in [1.82, 2.24) is 5.43 Å². The van der Waals surface area contributed by atoms with Crippen molar-refractivity contribution in [2.24, 2.45) is 11.0 Å². The lowest BCUT2D eigenvalue weighted by molar-refractivity contribution is -0.121. The van der Waals surface area contributed by atoms with Crippen molar-refractivity contribution in [3.8, 4) is 12.3 Å². The largest absolute Gasteiger partial charge is 0.292 e. The topological polar surface area (TPSA) is 61.8 Å². The zero-order valence-corrected chi connectivity index (χ0v) is 12.4. The van der Waals surface area contributed by atoms with Gasteiger partial charge in [-0.3, -0.25) is 14.5 Å². The molecule has 1 aromatic carbocycles. The van der Waals surface area contributed by atoms with Gasteiger partial charge in [0.25, 0.3) is 5.24 Å². The number of hydrogen-bond donors (Lipinski definition) is 2. The van der Waals surface area contributed by atoms with Crippen LogP contribution in [0.25, 0.3) is 0 Å². The second kappa shape index (κ2) is 6.46. The second-order valence-electron chi connectivity index (χ2n) is 4.76. The first kappa shape index (κ1) is 15.1. The zero-order valence-electron chi connectivity index (χ0n) is 11.5. The Labute approximate surface area is 128 Å². The average Bonchev–Trinajstić information content (AvgIpc) is 2.45. The van der Waals surface area contributed by atoms with Gasteiger partial charge in [-0.2, -0.15) is 5.10 Å². The first-order chi connectivity index (χ1) is 10.0. The number of carbonyl (C=O) groups is 2. The number of hydrogen-bond acceptors (Lipinski definition) is 3. The van der Waals surface area contributed by atoms with E-state index in [-0.39, 0.29) is 18.4 Å². The number of carbonyl (C=O) groups excluding carboxylic acids is 2. The Morgan fingerprint density at radius 2 is 2.19 bits per heavy atom. The molecule has 21 heavy (non-hydrogen) atoms. The van der Waals surface area contributed by atoms with E-state index in [1.807, 2.05) is 19.1 Å². The van der Waals surface area contributed by atoms with Gasteiger partial charge in [0.1, 0.15) is 0 Å². The molecule has 1 aliphatic rings. The Balaban J connectivity index is 2.25. The molecule has 0 saturated heterocycles. The van der Waals surface area contributed by atoms with E-state index in [2.05, 4.69) is 29.1 Å². The molecule has 0 radical (unpaired) electrons. The molecule has 2 amide bonds. The molecule has 0 saturated carbocycles. The normalized spacial score (nSPS) is 17.5. The van der Waals surface area contributed by atoms with Crippen molar-refractivity contribution in [3.05, 3.63) is 29.8 Å². The van der Waals surface area contributed by atoms with Crippen LogP contribution in [0.5, 0.6) is 0 Å². The van der Waals surface area contributed by atoms with Crippen molar-refractivity contribution in [3.63, 3.8) is 0 Å². The van der Waals surface area contributed by atoms with E-state index in [4.69, 9.17) is 6.42 Å². The van der Waals surface area contributed by atoms with Crippen LogP contribution in [0.15, 0.2) is 29.4 Å². The lowest BCUT2D eigenvalue weighted by Crippen LogP contribution is -2.32. The third-order valence-electron chi connectivity index (χ3n) is 3.21. The van der Waals surface area contributed by atoms with Crippen molar-refractivity contribution in [2.45, 2.75) is 13.3 Å². The molecule has 2 rings (SSSR count). The van der Waals surface area contributed by atoms with Gasteiger partial charge in [-0.15, -0.1) is 6.42 Å². The Hall–Kier alpha value is -2.26. The minimum absolute atomic E-state index is 0.0536. The van der Waals surface area contributed by atoms with Crippen LogP contribution >= 0.6 is 12.6 Å². The SMILES string of the molecule is C#CCN(C(=O)S)c1ccc(C2=NNC(=O)CC2C)cc1. The van der Waals surface area contributed by atoms with Crippen LogP contribution in [0.3, 0.4) is 0 Å². The smallest absolute Gasteiger partial charge is 0.283 e. The zero-order chi connectivity index (χ0) is 15.4. The number of nitrogens with one attached hydrogen (secondary N) is 1. The molecule has 6 heteroatoms. The van der Waals surface area contributed by atoms with Gasteiger partial charge in [0, 0.05) is 18.0 Å². The molecule has 1 aliphatic heterocycles. The number of thiol groups is 1. The number of rotatable bonds is 3. The van der Waals surface area contributed by atoms with Crippen LogP contribution in [0.2, 0.25) is 0 Å². The molecule has 108 valence electrons. The van der Waals surface area contributed by atoms with Gasteiger partial charge in [-0.25, -0.2) is 5.43 Å². The Morgan fingerprint density at radius 3 is 2.71 bits per heavy atom. The summed E-state index contributed by atoms with van der Waals surface area (Å²) in [6.45, 7) is 2.11. The van der Waals surface area contributed by atoms with Gasteiger partial charge < -0.3 is 0 Å². The Morgan fingerprint density at radius 1 is 1.52 bits per heavy atom. The minimum Gasteiger partial charge on any atom is -0.292 e. The summed E-state index contributed by atoms with van der Waals surface area (Å²) in [6, 6.07) is 7.27. The Kier molecular flexibility index (Phi) is 4.66. The van der Waals surface area contributed by atoms with E-state index in [0.717, 1.165) is 11.3 Å². The quantitative estimate of drug-likeness (QED) is 0.663. The van der Waals surface area contributed by atoms with Crippen molar-refractivity contribution >= 4 is 35.2 Å². The number of terminal acetylenes is 1. The first-order valence-electron chi connectivity index (χ1n) is 6.43. The van der Waals surface area contributed by atoms with Crippen molar-refractivity contribution in [1.29, 1.82) is 0 Å². The monoisotopic (exact) mass is 301 g/mol. The third-order valence-corrected chi connectivity index (χ3v) is 3.46. The molecule has 1 N–H and O–H groups in total. The maximum Gasteiger partial charge on any atom is 0.283 e. The van der Waals surface area contributed by atoms with E-state index < -0.39 is 5.24 Å². The van der Waals surface area contributed by atoms with Gasteiger partial charge in [-0.05, 0) is 17.7 Å². The molecule has 0 aromatic heterocycles. The van der Waals surface area contributed by atoms with Crippen LogP contribution in [-0.4, -0.2) is 23.4 Å². The number of benzene rings is 1. The van der Waals surface area contributed by atoms with E-state index in [1.54, 1.807) is 12.1 Å². The molecule has 1 heterocycles. The summed E-state index contributed by atoms with van der Waals surface area (Å²) in [4.78, 5) is 24.1. The van der Waals surface area contributed by atoms with E-state index >= 15 is 0 Å². The molecule has 0 fully saturated rings. The van der Waals surface area contributed by atoms with Crippen molar-refractivity contribution in [2.75, 3.05) is 11.4 Å². The van der Waals surface area contributed by atoms with Gasteiger partial charge >= 0.3 is 0 Å². The number of amides is 2. The molecular weight excluding hydrogens is 286 g/mol. The number of hydrazone groups is 1. The highest BCUT2D eigenvalue weighted by atomic mass is 32.1. The van der Waals surface area contributed by atoms with Crippen LogP contribution < -0.4 is 10.3 Å². The fourth-order valence-corrected chi connectivity index (χ4v) is 2.36. The maximum atomic E-state index is 11.4. The summed E-state index contributed by atoms with van der Waals surface area (Å²) < 4.78 is 0. The van der Waals surface area contributed by atoms with Gasteiger partial charge in [0.15, 0.2) is 0 Å². The highest BCUT2D eigenvalue weighted by Gasteiger charge is 2.21. The van der Waals surface area contributed by atoms with E-state index in [9.17, 15) is 9.59 Å². The third kappa shape index (κ3) is 3.44. The van der Waals surface area contributed by atoms with Crippen LogP contribution in [0, 0.1) is 18.3 Å². The highest BCUT2D eigenvalue weighted by Crippen LogP contribution is 2.21. The standard InChI is InChI=1S/C15H15N3O2S/c1-3-8-18(15(20)21)12-6-4-11(5-7-12)14-10(2)9-13(19)16-17-14/h1,4-7,10H,8-9H2,2H3,(H,16,19)(H,20,21). The van der Waals surface area contributed by atoms with Crippen LogP contribution in [0.1, 0.15) is 18.9 Å². The van der Waals surface area contributed by atoms with Crippen LogP contribution in [-0.2, 0) is 4.79 Å². The van der Waals surface area contributed by atoms with Gasteiger partial charge in [0.2, 0.25) is 5.91 Å². The molecule has 1 aromatic rings. The average molecular weight is 301 g/mol. The van der Waals surface area contributed by atoms with Crippen LogP contribution in [0.4, 0.5) is 10.5 Å². The highest BCUT2D eigenvalue weighted by molar-refractivity contribution is 7.96. The van der Waals surface area contributed by atoms with E-state index in [1.165, 1.54) is 4.90 Å². The summed E-state index contributed by atoms with van der Waals surface area (Å²) in [5, 5.41) is 3.69. The van der Waals surface area contributed by atoms with Gasteiger partial charge in [-0.1, -0.05) is 37.6 Å². The summed E-state index contributed by atoms with van der Waals surface area (Å²) in [5.41, 5.74) is 4.88. The molecule has 0 bridgehead atoms.